The van der Waals surface area contributed by atoms with Crippen molar-refractivity contribution in [2.45, 2.75) is 20.8 Å². The molecule has 1 aromatic heterocycles. The molecule has 0 saturated carbocycles. The van der Waals surface area contributed by atoms with Gasteiger partial charge in [-0.25, -0.2) is 4.79 Å². The van der Waals surface area contributed by atoms with E-state index in [2.05, 4.69) is 10.6 Å². The van der Waals surface area contributed by atoms with E-state index in [1.54, 1.807) is 25.1 Å². The van der Waals surface area contributed by atoms with Crippen LogP contribution >= 0.6 is 11.3 Å². The lowest BCUT2D eigenvalue weighted by molar-refractivity contribution is -0.119. The van der Waals surface area contributed by atoms with Gasteiger partial charge in [0.05, 0.1) is 19.8 Å². The fourth-order valence-electron chi connectivity index (χ4n) is 2.43. The summed E-state index contributed by atoms with van der Waals surface area (Å²) in [5.41, 5.74) is 1.44. The van der Waals surface area contributed by atoms with E-state index >= 15 is 0 Å². The minimum atomic E-state index is -0.673. The van der Waals surface area contributed by atoms with Crippen molar-refractivity contribution in [3.63, 3.8) is 0 Å². The van der Waals surface area contributed by atoms with Crippen LogP contribution in [0.4, 0.5) is 10.7 Å². The summed E-state index contributed by atoms with van der Waals surface area (Å²) >= 11 is 1.28. The van der Waals surface area contributed by atoms with Gasteiger partial charge in [-0.3, -0.25) is 9.59 Å². The molecule has 0 saturated heterocycles. The molecule has 0 aliphatic rings. The van der Waals surface area contributed by atoms with Crippen molar-refractivity contribution in [3.05, 3.63) is 34.2 Å². The van der Waals surface area contributed by atoms with Crippen LogP contribution in [0.25, 0.3) is 0 Å². The normalized spacial score (nSPS) is 10.2. The highest BCUT2D eigenvalue weighted by atomic mass is 32.1. The fourth-order valence-corrected chi connectivity index (χ4v) is 3.53. The third kappa shape index (κ3) is 5.01. The molecule has 0 radical (unpaired) electrons. The lowest BCUT2D eigenvalue weighted by Gasteiger charge is -2.11. The molecule has 1 heterocycles. The van der Waals surface area contributed by atoms with E-state index in [9.17, 15) is 14.4 Å². The molecule has 0 atom stereocenters. The Morgan fingerprint density at radius 1 is 1.04 bits per heavy atom. The Labute approximate surface area is 166 Å². The van der Waals surface area contributed by atoms with Crippen LogP contribution in [-0.2, 0) is 14.3 Å². The molecule has 0 bridgehead atoms. The number of amides is 2. The second-order valence-corrected chi connectivity index (χ2v) is 7.09. The minimum Gasteiger partial charge on any atom is -0.493 e. The van der Waals surface area contributed by atoms with Crippen molar-refractivity contribution >= 4 is 39.8 Å². The Morgan fingerprint density at radius 3 is 2.32 bits per heavy atom. The number of nitrogens with one attached hydrogen (secondary N) is 2. The van der Waals surface area contributed by atoms with E-state index < -0.39 is 18.5 Å². The van der Waals surface area contributed by atoms with E-state index in [0.29, 0.717) is 27.8 Å². The van der Waals surface area contributed by atoms with E-state index in [-0.39, 0.29) is 11.5 Å². The van der Waals surface area contributed by atoms with Gasteiger partial charge in [0.2, 0.25) is 5.91 Å². The first-order valence-corrected chi connectivity index (χ1v) is 9.15. The summed E-state index contributed by atoms with van der Waals surface area (Å²) in [6.07, 6.45) is 0. The Hall–Kier alpha value is -3.07. The van der Waals surface area contributed by atoms with Crippen molar-refractivity contribution in [2.75, 3.05) is 31.5 Å². The number of anilines is 2. The van der Waals surface area contributed by atoms with Crippen LogP contribution in [0, 0.1) is 13.8 Å². The highest BCUT2D eigenvalue weighted by molar-refractivity contribution is 7.16. The van der Waals surface area contributed by atoms with E-state index in [1.165, 1.54) is 32.5 Å². The molecular weight excluding hydrogens is 384 g/mol. The number of rotatable bonds is 7. The van der Waals surface area contributed by atoms with Gasteiger partial charge in [0.1, 0.15) is 5.00 Å². The zero-order valence-electron chi connectivity index (χ0n) is 16.3. The molecule has 8 nitrogen and oxygen atoms in total. The Bertz CT molecular complexity index is 906. The Kier molecular flexibility index (Phi) is 7.00. The molecule has 2 rings (SSSR count). The summed E-state index contributed by atoms with van der Waals surface area (Å²) in [5.74, 6) is -0.483. The third-order valence-corrected chi connectivity index (χ3v) is 5.00. The molecule has 9 heteroatoms. The number of hydrogen-bond acceptors (Lipinski definition) is 7. The Morgan fingerprint density at radius 2 is 1.71 bits per heavy atom. The standard InChI is InChI=1S/C19H22N2O6S/c1-10-11(2)28-18(20-12(3)22)17(10)19(24)27-9-16(23)21-13-6-7-14(25-4)15(8-13)26-5/h6-8H,9H2,1-5H3,(H,20,22)(H,21,23). The first-order valence-electron chi connectivity index (χ1n) is 8.33. The Balaban J connectivity index is 2.03. The van der Waals surface area contributed by atoms with Gasteiger partial charge in [-0.1, -0.05) is 0 Å². The molecule has 28 heavy (non-hydrogen) atoms. The van der Waals surface area contributed by atoms with Crippen LogP contribution < -0.4 is 20.1 Å². The maximum absolute atomic E-state index is 12.4. The molecule has 0 spiro atoms. The zero-order chi connectivity index (χ0) is 20.8. The summed E-state index contributed by atoms with van der Waals surface area (Å²) in [6.45, 7) is 4.49. The van der Waals surface area contributed by atoms with Gasteiger partial charge in [0.15, 0.2) is 18.1 Å². The number of ether oxygens (including phenoxy) is 3. The average molecular weight is 406 g/mol. The maximum Gasteiger partial charge on any atom is 0.341 e. The van der Waals surface area contributed by atoms with Gasteiger partial charge in [-0.05, 0) is 31.5 Å². The van der Waals surface area contributed by atoms with Crippen molar-refractivity contribution < 1.29 is 28.6 Å². The highest BCUT2D eigenvalue weighted by Gasteiger charge is 2.22. The second-order valence-electron chi connectivity index (χ2n) is 5.86. The fraction of sp³-hybridized carbons (Fsp3) is 0.316. The average Bonchev–Trinajstić information content (AvgIpc) is 2.92. The number of esters is 1. The van der Waals surface area contributed by atoms with Crippen molar-refractivity contribution in [2.24, 2.45) is 0 Å². The lowest BCUT2D eigenvalue weighted by atomic mass is 10.1. The topological polar surface area (TPSA) is 103 Å². The number of methoxy groups -OCH3 is 2. The summed E-state index contributed by atoms with van der Waals surface area (Å²) in [6, 6.07) is 4.89. The van der Waals surface area contributed by atoms with Gasteiger partial charge in [-0.2, -0.15) is 0 Å². The van der Waals surface area contributed by atoms with E-state index in [1.807, 2.05) is 6.92 Å². The molecule has 0 aliphatic carbocycles. The van der Waals surface area contributed by atoms with E-state index in [4.69, 9.17) is 14.2 Å². The number of carbonyl (C=O) groups excluding carboxylic acids is 3. The summed E-state index contributed by atoms with van der Waals surface area (Å²) in [5, 5.41) is 5.65. The smallest absolute Gasteiger partial charge is 0.341 e. The van der Waals surface area contributed by atoms with Crippen molar-refractivity contribution in [3.8, 4) is 11.5 Å². The van der Waals surface area contributed by atoms with Crippen molar-refractivity contribution in [1.29, 1.82) is 0 Å². The minimum absolute atomic E-state index is 0.261. The number of thiophene rings is 1. The van der Waals surface area contributed by atoms with Gasteiger partial charge in [0.25, 0.3) is 5.91 Å². The highest BCUT2D eigenvalue weighted by Crippen LogP contribution is 2.33. The van der Waals surface area contributed by atoms with Gasteiger partial charge in [0, 0.05) is 23.6 Å². The summed E-state index contributed by atoms with van der Waals surface area (Å²) < 4.78 is 15.4. The number of carbonyl (C=O) groups is 3. The molecule has 1 aromatic carbocycles. The van der Waals surface area contributed by atoms with Gasteiger partial charge in [-0.15, -0.1) is 11.3 Å². The monoisotopic (exact) mass is 406 g/mol. The number of hydrogen-bond donors (Lipinski definition) is 2. The van der Waals surface area contributed by atoms with Crippen LogP contribution in [0.1, 0.15) is 27.7 Å². The zero-order valence-corrected chi connectivity index (χ0v) is 17.1. The van der Waals surface area contributed by atoms with E-state index in [0.717, 1.165) is 4.88 Å². The molecule has 2 aromatic rings. The number of benzene rings is 1. The third-order valence-electron chi connectivity index (χ3n) is 3.88. The van der Waals surface area contributed by atoms with Crippen LogP contribution in [0.5, 0.6) is 11.5 Å². The molecule has 150 valence electrons. The predicted octanol–water partition coefficient (Wildman–Crippen LogP) is 3.14. The second kappa shape index (κ2) is 9.23. The number of aryl methyl sites for hydroxylation is 1. The molecule has 0 unspecified atom stereocenters. The summed E-state index contributed by atoms with van der Waals surface area (Å²) in [4.78, 5) is 36.8. The van der Waals surface area contributed by atoms with Crippen LogP contribution in [0.15, 0.2) is 18.2 Å². The van der Waals surface area contributed by atoms with Crippen LogP contribution in [0.2, 0.25) is 0 Å². The largest absolute Gasteiger partial charge is 0.493 e. The quantitative estimate of drug-likeness (QED) is 0.685. The van der Waals surface area contributed by atoms with Crippen molar-refractivity contribution in [1.82, 2.24) is 0 Å². The van der Waals surface area contributed by atoms with Crippen LogP contribution in [0.3, 0.4) is 0 Å². The molecule has 0 aliphatic heterocycles. The van der Waals surface area contributed by atoms with Crippen LogP contribution in [-0.4, -0.2) is 38.6 Å². The summed E-state index contributed by atoms with van der Waals surface area (Å²) in [7, 11) is 3.00. The SMILES string of the molecule is COc1ccc(NC(=O)COC(=O)c2c(NC(C)=O)sc(C)c2C)cc1OC. The predicted molar refractivity (Wildman–Crippen MR) is 107 cm³/mol. The van der Waals surface area contributed by atoms with Gasteiger partial charge < -0.3 is 24.8 Å². The molecule has 2 amide bonds. The maximum atomic E-state index is 12.4. The molecule has 0 fully saturated rings. The molecule has 2 N–H and O–H groups in total. The lowest BCUT2D eigenvalue weighted by Crippen LogP contribution is -2.21. The van der Waals surface area contributed by atoms with Gasteiger partial charge >= 0.3 is 5.97 Å². The first-order chi connectivity index (χ1) is 13.3. The molecular formula is C19H22N2O6S. The first kappa shape index (κ1) is 21.2.